The molecule has 3 heterocycles. The minimum absolute atomic E-state index is 0.0897. The number of amides is 2. The Bertz CT molecular complexity index is 979. The van der Waals surface area contributed by atoms with Crippen molar-refractivity contribution in [3.05, 3.63) is 29.6 Å². The second-order valence-electron chi connectivity index (χ2n) is 11.1. The lowest BCUT2D eigenvalue weighted by atomic mass is 9.74. The Balaban J connectivity index is 1.21. The molecule has 1 spiro atoms. The number of methoxy groups -OCH3 is 1. The molecule has 2 unspecified atom stereocenters. The maximum Gasteiger partial charge on any atom is 0.414 e. The summed E-state index contributed by atoms with van der Waals surface area (Å²) in [7, 11) is 1.56. The maximum absolute atomic E-state index is 14.4. The van der Waals surface area contributed by atoms with E-state index in [0.29, 0.717) is 32.4 Å². The third-order valence-electron chi connectivity index (χ3n) is 8.67. The van der Waals surface area contributed by atoms with E-state index in [2.05, 4.69) is 10.2 Å². The highest BCUT2D eigenvalue weighted by atomic mass is 19.1. The minimum Gasteiger partial charge on any atom is -0.447 e. The number of hydrogen-bond donors (Lipinski definition) is 1. The quantitative estimate of drug-likeness (QED) is 0.437. The number of carbonyl (C=O) groups is 2. The molecule has 3 fully saturated rings. The number of rotatable bonds is 6. The largest absolute Gasteiger partial charge is 0.447 e. The van der Waals surface area contributed by atoms with E-state index in [9.17, 15) is 14.0 Å². The molecule has 1 aromatic rings. The van der Waals surface area contributed by atoms with Crippen LogP contribution in [0.15, 0.2) is 18.2 Å². The fraction of sp³-hybridized carbons (Fsp3) is 0.714. The van der Waals surface area contributed by atoms with Crippen LogP contribution >= 0.6 is 0 Å². The van der Waals surface area contributed by atoms with Gasteiger partial charge in [0.15, 0.2) is 0 Å². The summed E-state index contributed by atoms with van der Waals surface area (Å²) in [5.41, 5.74) is 1.36. The zero-order valence-corrected chi connectivity index (χ0v) is 22.3. The first kappa shape index (κ1) is 27.1. The van der Waals surface area contributed by atoms with Crippen LogP contribution in [0.1, 0.15) is 56.9 Å². The number of benzene rings is 1. The number of alkyl carbamates (subject to hydrolysis) is 1. The molecule has 0 radical (unpaired) electrons. The van der Waals surface area contributed by atoms with Crippen molar-refractivity contribution in [1.82, 2.24) is 10.2 Å². The number of nitrogens with zero attached hydrogens (tertiary/aromatic N) is 2. The lowest BCUT2D eigenvalue weighted by Gasteiger charge is -2.43. The topological polar surface area (TPSA) is 89.6 Å². The second-order valence-corrected chi connectivity index (χ2v) is 11.1. The molecule has 1 saturated carbocycles. The summed E-state index contributed by atoms with van der Waals surface area (Å²) in [5, 5.41) is 3.11. The summed E-state index contributed by atoms with van der Waals surface area (Å²) < 4.78 is 35.6. The standard InChI is InChI=1S/C28H40FN3O6/c1-35-14-15-37-27(34)32-19-28(24-16-20(29)6-7-25(24)32)9-11-31(12-10-28)22-5-3-2-4-21(17-22)30-26(33)38-23-8-13-36-18-23/h6-7,16,21-23H,2-5,8-15,17-19H2,1H3,(H,30,33)/t21?,22?,23-/m1/s1. The van der Waals surface area contributed by atoms with Crippen molar-refractivity contribution in [3.63, 3.8) is 0 Å². The van der Waals surface area contributed by atoms with E-state index in [0.717, 1.165) is 75.7 Å². The molecular formula is C28H40FN3O6. The highest BCUT2D eigenvalue weighted by Crippen LogP contribution is 2.48. The van der Waals surface area contributed by atoms with Crippen LogP contribution in [0.25, 0.3) is 0 Å². The van der Waals surface area contributed by atoms with Gasteiger partial charge in [-0.1, -0.05) is 12.8 Å². The fourth-order valence-corrected chi connectivity index (χ4v) is 6.59. The molecule has 1 aliphatic carbocycles. The predicted octanol–water partition coefficient (Wildman–Crippen LogP) is 3.98. The van der Waals surface area contributed by atoms with Gasteiger partial charge in [-0.05, 0) is 69.0 Å². The van der Waals surface area contributed by atoms with Crippen LogP contribution in [0.2, 0.25) is 0 Å². The molecule has 2 saturated heterocycles. The Hall–Kier alpha value is -2.43. The van der Waals surface area contributed by atoms with E-state index in [4.69, 9.17) is 18.9 Å². The van der Waals surface area contributed by atoms with Crippen molar-refractivity contribution in [3.8, 4) is 0 Å². The molecule has 3 atom stereocenters. The van der Waals surface area contributed by atoms with Gasteiger partial charge in [0.2, 0.25) is 0 Å². The maximum atomic E-state index is 14.4. The summed E-state index contributed by atoms with van der Waals surface area (Å²) in [6, 6.07) is 5.17. The van der Waals surface area contributed by atoms with Crippen LogP contribution in [0.3, 0.4) is 0 Å². The number of halogens is 1. The Morgan fingerprint density at radius 2 is 1.97 bits per heavy atom. The Morgan fingerprint density at radius 3 is 2.74 bits per heavy atom. The Labute approximate surface area is 223 Å². The molecule has 38 heavy (non-hydrogen) atoms. The van der Waals surface area contributed by atoms with Crippen LogP contribution in [0, 0.1) is 5.82 Å². The molecule has 3 aliphatic heterocycles. The number of piperidine rings is 1. The van der Waals surface area contributed by atoms with Crippen molar-refractivity contribution >= 4 is 17.9 Å². The smallest absolute Gasteiger partial charge is 0.414 e. The molecule has 9 nitrogen and oxygen atoms in total. The third kappa shape index (κ3) is 6.07. The molecule has 2 amide bonds. The van der Waals surface area contributed by atoms with Crippen molar-refractivity contribution in [1.29, 1.82) is 0 Å². The molecule has 4 aliphatic rings. The number of ether oxygens (including phenoxy) is 4. The van der Waals surface area contributed by atoms with Crippen LogP contribution in [0.5, 0.6) is 0 Å². The number of carbonyl (C=O) groups excluding carboxylic acids is 2. The van der Waals surface area contributed by atoms with Gasteiger partial charge in [-0.3, -0.25) is 4.90 Å². The van der Waals surface area contributed by atoms with Crippen molar-refractivity contribution in [2.24, 2.45) is 0 Å². The molecule has 5 rings (SSSR count). The van der Waals surface area contributed by atoms with Crippen LogP contribution < -0.4 is 10.2 Å². The van der Waals surface area contributed by atoms with Crippen molar-refractivity contribution in [2.45, 2.75) is 75.0 Å². The van der Waals surface area contributed by atoms with Crippen LogP contribution in [0.4, 0.5) is 19.7 Å². The third-order valence-corrected chi connectivity index (χ3v) is 8.67. The molecule has 0 bridgehead atoms. The van der Waals surface area contributed by atoms with Gasteiger partial charge in [-0.25, -0.2) is 14.0 Å². The van der Waals surface area contributed by atoms with Gasteiger partial charge in [0.1, 0.15) is 18.5 Å². The average Bonchev–Trinajstić information content (AvgIpc) is 3.45. The van der Waals surface area contributed by atoms with Crippen molar-refractivity contribution < 1.29 is 32.9 Å². The van der Waals surface area contributed by atoms with E-state index >= 15 is 0 Å². The molecule has 210 valence electrons. The zero-order valence-electron chi connectivity index (χ0n) is 22.3. The molecule has 1 aromatic carbocycles. The summed E-state index contributed by atoms with van der Waals surface area (Å²) in [6.45, 7) is 3.86. The summed E-state index contributed by atoms with van der Waals surface area (Å²) in [5.74, 6) is -0.283. The van der Waals surface area contributed by atoms with Gasteiger partial charge < -0.3 is 29.2 Å². The lowest BCUT2D eigenvalue weighted by Crippen LogP contribution is -2.50. The molecular weight excluding hydrogens is 493 g/mol. The predicted molar refractivity (Wildman–Crippen MR) is 139 cm³/mol. The first-order valence-electron chi connectivity index (χ1n) is 14.0. The summed E-state index contributed by atoms with van der Waals surface area (Å²) in [6.07, 6.45) is 6.69. The highest BCUT2D eigenvalue weighted by Gasteiger charge is 2.48. The molecule has 10 heteroatoms. The lowest BCUT2D eigenvalue weighted by molar-refractivity contribution is 0.0765. The van der Waals surface area contributed by atoms with Crippen LogP contribution in [-0.4, -0.2) is 88.4 Å². The zero-order chi connectivity index (χ0) is 26.5. The van der Waals surface area contributed by atoms with Gasteiger partial charge in [0, 0.05) is 37.6 Å². The van der Waals surface area contributed by atoms with Crippen molar-refractivity contribution in [2.75, 3.05) is 58.1 Å². The number of anilines is 1. The van der Waals surface area contributed by atoms with Gasteiger partial charge in [0.25, 0.3) is 0 Å². The number of nitrogens with one attached hydrogen (secondary N) is 1. The summed E-state index contributed by atoms with van der Waals surface area (Å²) >= 11 is 0. The fourth-order valence-electron chi connectivity index (χ4n) is 6.59. The SMILES string of the molecule is COCCOC(=O)N1CC2(CCN(C3CCCCC(NC(=O)O[C@@H]4CCOC4)C3)CC2)c2cc(F)ccc21. The van der Waals surface area contributed by atoms with E-state index in [1.807, 2.05) is 0 Å². The molecule has 0 aromatic heterocycles. The number of hydrogen-bond acceptors (Lipinski definition) is 7. The average molecular weight is 534 g/mol. The first-order chi connectivity index (χ1) is 18.5. The first-order valence-corrected chi connectivity index (χ1v) is 14.0. The van der Waals surface area contributed by atoms with Gasteiger partial charge in [-0.2, -0.15) is 0 Å². The van der Waals surface area contributed by atoms with E-state index in [-0.39, 0.29) is 36.1 Å². The number of fused-ring (bicyclic) bond motifs is 2. The van der Waals surface area contributed by atoms with Gasteiger partial charge in [-0.15, -0.1) is 0 Å². The number of likely N-dealkylation sites (tertiary alicyclic amines) is 1. The van der Waals surface area contributed by atoms with E-state index in [1.54, 1.807) is 24.1 Å². The van der Waals surface area contributed by atoms with Gasteiger partial charge in [0.05, 0.1) is 25.5 Å². The van der Waals surface area contributed by atoms with E-state index < -0.39 is 6.09 Å². The van der Waals surface area contributed by atoms with Gasteiger partial charge >= 0.3 is 12.2 Å². The van der Waals surface area contributed by atoms with E-state index in [1.165, 1.54) is 6.07 Å². The highest BCUT2D eigenvalue weighted by molar-refractivity contribution is 5.91. The minimum atomic E-state index is -0.414. The monoisotopic (exact) mass is 533 g/mol. The summed E-state index contributed by atoms with van der Waals surface area (Å²) in [4.78, 5) is 29.5. The second kappa shape index (κ2) is 12.2. The Morgan fingerprint density at radius 1 is 1.16 bits per heavy atom. The normalized spacial score (nSPS) is 27.1. The van der Waals surface area contributed by atoms with Crippen LogP contribution in [-0.2, 0) is 24.4 Å². The molecule has 1 N–H and O–H groups in total. The Kier molecular flexibility index (Phi) is 8.70.